The third-order valence-electron chi connectivity index (χ3n) is 2.45. The van der Waals surface area contributed by atoms with Crippen molar-refractivity contribution in [1.82, 2.24) is 0 Å². The first kappa shape index (κ1) is 14.0. The lowest BCUT2D eigenvalue weighted by Gasteiger charge is -2.14. The van der Waals surface area contributed by atoms with Crippen LogP contribution >= 0.6 is 0 Å². The minimum atomic E-state index is -2.46. The highest BCUT2D eigenvalue weighted by Gasteiger charge is 2.10. The molecule has 1 aromatic carbocycles. The summed E-state index contributed by atoms with van der Waals surface area (Å²) in [5, 5.41) is 0. The molecule has 1 unspecified atom stereocenters. The lowest BCUT2D eigenvalue weighted by Crippen LogP contribution is -2.16. The number of aryl methyl sites for hydroxylation is 1. The molecule has 2 N–H and O–H groups in total. The van der Waals surface area contributed by atoms with Crippen molar-refractivity contribution < 1.29 is 17.9 Å². The number of rotatable bonds is 6. The Morgan fingerprint density at radius 1 is 1.35 bits per heavy atom. The molecule has 96 valence electrons. The summed E-state index contributed by atoms with van der Waals surface area (Å²) < 4.78 is 41.2. The lowest BCUT2D eigenvalue weighted by atomic mass is 10.00. The Balaban J connectivity index is 2.44. The summed E-state index contributed by atoms with van der Waals surface area (Å²) in [7, 11) is 0. The van der Waals surface area contributed by atoms with Crippen LogP contribution in [0.5, 0.6) is 0 Å². The second-order valence-corrected chi connectivity index (χ2v) is 3.86. The van der Waals surface area contributed by atoms with Crippen LogP contribution in [-0.4, -0.2) is 19.6 Å². The zero-order chi connectivity index (χ0) is 12.8. The molecule has 1 atom stereocenters. The van der Waals surface area contributed by atoms with Crippen LogP contribution < -0.4 is 5.73 Å². The predicted molar refractivity (Wildman–Crippen MR) is 59.5 cm³/mol. The third-order valence-corrected chi connectivity index (χ3v) is 2.45. The molecule has 2 nitrogen and oxygen atoms in total. The first-order chi connectivity index (χ1) is 8.00. The van der Waals surface area contributed by atoms with Gasteiger partial charge in [0.25, 0.3) is 6.43 Å². The second kappa shape index (κ2) is 6.61. The van der Waals surface area contributed by atoms with Gasteiger partial charge in [-0.05, 0) is 36.6 Å². The van der Waals surface area contributed by atoms with Gasteiger partial charge in [-0.1, -0.05) is 6.07 Å². The first-order valence-electron chi connectivity index (χ1n) is 5.38. The fourth-order valence-corrected chi connectivity index (χ4v) is 1.59. The summed E-state index contributed by atoms with van der Waals surface area (Å²) in [5.41, 5.74) is 7.44. The topological polar surface area (TPSA) is 35.2 Å². The minimum absolute atomic E-state index is 0.169. The average molecular weight is 247 g/mol. The average Bonchev–Trinajstić information content (AvgIpc) is 2.23. The summed E-state index contributed by atoms with van der Waals surface area (Å²) in [5.74, 6) is -0.313. The molecule has 0 amide bonds. The van der Waals surface area contributed by atoms with Crippen molar-refractivity contribution >= 4 is 0 Å². The van der Waals surface area contributed by atoms with Crippen LogP contribution in [0.2, 0.25) is 0 Å². The molecule has 0 aliphatic rings. The molecule has 5 heteroatoms. The van der Waals surface area contributed by atoms with E-state index >= 15 is 0 Å². The Morgan fingerprint density at radius 2 is 2.06 bits per heavy atom. The Bertz CT molecular complexity index is 358. The normalized spacial score (nSPS) is 13.1. The number of nitrogens with two attached hydrogens (primary N) is 1. The van der Waals surface area contributed by atoms with Gasteiger partial charge in [-0.25, -0.2) is 13.2 Å². The lowest BCUT2D eigenvalue weighted by molar-refractivity contribution is 0.0152. The van der Waals surface area contributed by atoms with E-state index in [1.807, 2.05) is 0 Å². The van der Waals surface area contributed by atoms with Crippen LogP contribution in [0.1, 0.15) is 23.6 Å². The molecule has 17 heavy (non-hydrogen) atoms. The van der Waals surface area contributed by atoms with Gasteiger partial charge in [0.1, 0.15) is 12.4 Å². The molecule has 0 saturated carbocycles. The minimum Gasteiger partial charge on any atom is -0.375 e. The summed E-state index contributed by atoms with van der Waals surface area (Å²) in [4.78, 5) is 0. The molecule has 1 rings (SSSR count). The van der Waals surface area contributed by atoms with Gasteiger partial charge in [-0.15, -0.1) is 0 Å². The number of ether oxygens (including phenoxy) is 1. The van der Waals surface area contributed by atoms with E-state index in [1.54, 1.807) is 13.0 Å². The van der Waals surface area contributed by atoms with Gasteiger partial charge in [0.15, 0.2) is 0 Å². The number of hydrogen-bond donors (Lipinski definition) is 1. The second-order valence-electron chi connectivity index (χ2n) is 3.86. The van der Waals surface area contributed by atoms with Crippen LogP contribution in [0.4, 0.5) is 13.2 Å². The van der Waals surface area contributed by atoms with Crippen molar-refractivity contribution in [2.24, 2.45) is 5.73 Å². The maximum Gasteiger partial charge on any atom is 0.261 e. The highest BCUT2D eigenvalue weighted by atomic mass is 19.3. The summed E-state index contributed by atoms with van der Waals surface area (Å²) in [6.45, 7) is 1.36. The van der Waals surface area contributed by atoms with E-state index in [-0.39, 0.29) is 18.5 Å². The molecule has 0 bridgehead atoms. The molecule has 0 aromatic heterocycles. The summed E-state index contributed by atoms with van der Waals surface area (Å²) >= 11 is 0. The Morgan fingerprint density at radius 3 is 2.65 bits per heavy atom. The fraction of sp³-hybridized carbons (Fsp3) is 0.500. The number of halogens is 3. The number of benzene rings is 1. The number of hydrogen-bond acceptors (Lipinski definition) is 2. The molecule has 0 heterocycles. The van der Waals surface area contributed by atoms with E-state index in [4.69, 9.17) is 10.5 Å². The summed E-state index contributed by atoms with van der Waals surface area (Å²) in [6.07, 6.45) is -2.03. The van der Waals surface area contributed by atoms with Crippen molar-refractivity contribution in [1.29, 1.82) is 0 Å². The van der Waals surface area contributed by atoms with E-state index < -0.39 is 13.0 Å². The van der Waals surface area contributed by atoms with Gasteiger partial charge in [-0.2, -0.15) is 0 Å². The maximum atomic E-state index is 12.9. The van der Waals surface area contributed by atoms with E-state index in [9.17, 15) is 13.2 Å². The van der Waals surface area contributed by atoms with Gasteiger partial charge in [-0.3, -0.25) is 0 Å². The Kier molecular flexibility index (Phi) is 5.44. The van der Waals surface area contributed by atoms with E-state index in [0.29, 0.717) is 6.42 Å². The third kappa shape index (κ3) is 4.75. The predicted octanol–water partition coefficient (Wildman–Crippen LogP) is 2.81. The van der Waals surface area contributed by atoms with Gasteiger partial charge in [0.2, 0.25) is 0 Å². The molecule has 0 fully saturated rings. The molecular weight excluding hydrogens is 231 g/mol. The van der Waals surface area contributed by atoms with Gasteiger partial charge in [0, 0.05) is 12.6 Å². The highest BCUT2D eigenvalue weighted by molar-refractivity contribution is 5.29. The highest BCUT2D eigenvalue weighted by Crippen LogP contribution is 2.19. The van der Waals surface area contributed by atoms with Crippen molar-refractivity contribution in [3.05, 3.63) is 35.1 Å². The molecule has 0 spiro atoms. The zero-order valence-electron chi connectivity index (χ0n) is 9.63. The van der Waals surface area contributed by atoms with Crippen LogP contribution in [0.15, 0.2) is 18.2 Å². The standard InChI is InChI=1S/C12H16F3NO/c1-8-6-9(13)2-3-10(8)11(16)4-5-17-7-12(14)15/h2-3,6,11-12H,4-5,7,16H2,1H3. The van der Waals surface area contributed by atoms with E-state index in [1.165, 1.54) is 12.1 Å². The van der Waals surface area contributed by atoms with Crippen molar-refractivity contribution in [2.75, 3.05) is 13.2 Å². The smallest absolute Gasteiger partial charge is 0.261 e. The molecule has 1 aromatic rings. The largest absolute Gasteiger partial charge is 0.375 e. The summed E-state index contributed by atoms with van der Waals surface area (Å²) in [6, 6.07) is 4.02. The molecule has 0 aliphatic heterocycles. The quantitative estimate of drug-likeness (QED) is 0.784. The Hall–Kier alpha value is -1.07. The van der Waals surface area contributed by atoms with E-state index in [2.05, 4.69) is 0 Å². The van der Waals surface area contributed by atoms with Crippen LogP contribution in [0, 0.1) is 12.7 Å². The van der Waals surface area contributed by atoms with Crippen molar-refractivity contribution in [3.63, 3.8) is 0 Å². The maximum absolute atomic E-state index is 12.9. The van der Waals surface area contributed by atoms with Gasteiger partial charge in [0.05, 0.1) is 0 Å². The molecule has 0 aliphatic carbocycles. The molecule has 0 saturated heterocycles. The van der Waals surface area contributed by atoms with Crippen molar-refractivity contribution in [2.45, 2.75) is 25.8 Å². The van der Waals surface area contributed by atoms with Crippen LogP contribution in [0.25, 0.3) is 0 Å². The molecule has 0 radical (unpaired) electrons. The Labute approximate surface area is 98.6 Å². The van der Waals surface area contributed by atoms with Crippen LogP contribution in [0.3, 0.4) is 0 Å². The zero-order valence-corrected chi connectivity index (χ0v) is 9.63. The fourth-order valence-electron chi connectivity index (χ4n) is 1.59. The van der Waals surface area contributed by atoms with Gasteiger partial charge < -0.3 is 10.5 Å². The SMILES string of the molecule is Cc1cc(F)ccc1C(N)CCOCC(F)F. The van der Waals surface area contributed by atoms with Crippen LogP contribution in [-0.2, 0) is 4.74 Å². The van der Waals surface area contributed by atoms with E-state index in [0.717, 1.165) is 11.1 Å². The van der Waals surface area contributed by atoms with Gasteiger partial charge >= 0.3 is 0 Å². The number of alkyl halides is 2. The monoisotopic (exact) mass is 247 g/mol. The first-order valence-corrected chi connectivity index (χ1v) is 5.38. The molecular formula is C12H16F3NO. The van der Waals surface area contributed by atoms with Crippen molar-refractivity contribution in [3.8, 4) is 0 Å².